The van der Waals surface area contributed by atoms with Gasteiger partial charge in [0.2, 0.25) is 0 Å². The molecule has 1 aromatic carbocycles. The van der Waals surface area contributed by atoms with Crippen LogP contribution in [0.3, 0.4) is 0 Å². The van der Waals surface area contributed by atoms with E-state index in [9.17, 15) is 4.79 Å². The van der Waals surface area contributed by atoms with Gasteiger partial charge in [0.1, 0.15) is 5.60 Å². The molecule has 3 N–H and O–H groups in total. The minimum atomic E-state index is -0.458. The van der Waals surface area contributed by atoms with E-state index in [1.54, 1.807) is 0 Å². The number of nitrogens with two attached hydrogens (primary N) is 1. The molecule has 2 saturated heterocycles. The number of carbonyl (C=O) groups excluding carboxylic acids is 1. The van der Waals surface area contributed by atoms with Gasteiger partial charge in [0.25, 0.3) is 0 Å². The first-order valence-electron chi connectivity index (χ1n) is 8.90. The van der Waals surface area contributed by atoms with Gasteiger partial charge in [-0.3, -0.25) is 4.90 Å². The molecule has 3 atom stereocenters. The predicted octanol–water partition coefficient (Wildman–Crippen LogP) is 2.25. The van der Waals surface area contributed by atoms with Crippen molar-refractivity contribution in [3.8, 4) is 0 Å². The van der Waals surface area contributed by atoms with Crippen molar-refractivity contribution in [1.82, 2.24) is 10.2 Å². The Morgan fingerprint density at radius 2 is 2.00 bits per heavy atom. The Morgan fingerprint density at radius 1 is 1.29 bits per heavy atom. The number of ether oxygens (including phenoxy) is 1. The van der Waals surface area contributed by atoms with E-state index in [4.69, 9.17) is 10.5 Å². The van der Waals surface area contributed by atoms with Gasteiger partial charge in [-0.05, 0) is 51.3 Å². The summed E-state index contributed by atoms with van der Waals surface area (Å²) in [6.45, 7) is 8.10. The van der Waals surface area contributed by atoms with Crippen LogP contribution in [-0.2, 0) is 11.2 Å². The van der Waals surface area contributed by atoms with Gasteiger partial charge in [-0.2, -0.15) is 0 Å². The van der Waals surface area contributed by atoms with Crippen LogP contribution in [0, 0.1) is 0 Å². The Balaban J connectivity index is 1.78. The zero-order chi connectivity index (χ0) is 17.3. The number of benzene rings is 1. The number of hydrogen-bond donors (Lipinski definition) is 2. The maximum absolute atomic E-state index is 12.7. The summed E-state index contributed by atoms with van der Waals surface area (Å²) in [6.07, 6.45) is 1.72. The molecule has 1 aromatic rings. The van der Waals surface area contributed by atoms with Gasteiger partial charge in [-0.15, -0.1) is 0 Å². The van der Waals surface area contributed by atoms with Crippen LogP contribution < -0.4 is 11.1 Å². The first kappa shape index (κ1) is 17.2. The molecule has 3 rings (SSSR count). The molecule has 0 aliphatic carbocycles. The van der Waals surface area contributed by atoms with Gasteiger partial charge in [0.05, 0.1) is 6.04 Å². The molecule has 2 aliphatic rings. The van der Waals surface area contributed by atoms with Crippen molar-refractivity contribution in [2.75, 3.05) is 19.6 Å². The van der Waals surface area contributed by atoms with Crippen molar-refractivity contribution in [3.63, 3.8) is 0 Å². The van der Waals surface area contributed by atoms with Crippen LogP contribution in [0.25, 0.3) is 0 Å². The molecule has 24 heavy (non-hydrogen) atoms. The van der Waals surface area contributed by atoms with Crippen LogP contribution in [-0.4, -0.2) is 48.3 Å². The molecule has 5 nitrogen and oxygen atoms in total. The molecule has 132 valence electrons. The predicted molar refractivity (Wildman–Crippen MR) is 95.1 cm³/mol. The van der Waals surface area contributed by atoms with Crippen LogP contribution in [0.15, 0.2) is 24.3 Å². The third-order valence-corrected chi connectivity index (χ3v) is 4.92. The lowest BCUT2D eigenvalue weighted by atomic mass is 9.90. The highest BCUT2D eigenvalue weighted by atomic mass is 16.6. The first-order chi connectivity index (χ1) is 11.4. The third kappa shape index (κ3) is 3.57. The molecule has 0 radical (unpaired) electrons. The average Bonchev–Trinajstić information content (AvgIpc) is 2.73. The summed E-state index contributed by atoms with van der Waals surface area (Å²) in [5.74, 6) is 0.365. The van der Waals surface area contributed by atoms with E-state index in [-0.39, 0.29) is 18.2 Å². The lowest BCUT2D eigenvalue weighted by molar-refractivity contribution is 0.00953. The van der Waals surface area contributed by atoms with Gasteiger partial charge in [-0.1, -0.05) is 24.3 Å². The molecule has 0 saturated carbocycles. The van der Waals surface area contributed by atoms with Crippen molar-refractivity contribution in [1.29, 1.82) is 0 Å². The van der Waals surface area contributed by atoms with Gasteiger partial charge >= 0.3 is 6.09 Å². The Hall–Kier alpha value is -1.59. The fourth-order valence-corrected chi connectivity index (χ4v) is 3.90. The smallest absolute Gasteiger partial charge is 0.410 e. The highest BCUT2D eigenvalue weighted by Gasteiger charge is 2.47. The number of hydrogen-bond acceptors (Lipinski definition) is 4. The Labute approximate surface area is 144 Å². The summed E-state index contributed by atoms with van der Waals surface area (Å²) in [4.78, 5) is 14.6. The first-order valence-corrected chi connectivity index (χ1v) is 8.90. The van der Waals surface area contributed by atoms with E-state index in [1.165, 1.54) is 11.1 Å². The van der Waals surface area contributed by atoms with Crippen LogP contribution in [0.1, 0.15) is 44.2 Å². The molecule has 0 spiro atoms. The normalized spacial score (nSPS) is 26.5. The minimum Gasteiger partial charge on any atom is -0.444 e. The summed E-state index contributed by atoms with van der Waals surface area (Å²) >= 11 is 0. The van der Waals surface area contributed by atoms with Crippen molar-refractivity contribution >= 4 is 6.09 Å². The quantitative estimate of drug-likeness (QED) is 0.891. The molecule has 2 bridgehead atoms. The molecule has 0 aromatic heterocycles. The monoisotopic (exact) mass is 331 g/mol. The van der Waals surface area contributed by atoms with E-state index in [1.807, 2.05) is 25.7 Å². The fraction of sp³-hybridized carbons (Fsp3) is 0.632. The summed E-state index contributed by atoms with van der Waals surface area (Å²) in [7, 11) is 0. The number of rotatable bonds is 3. The van der Waals surface area contributed by atoms with E-state index in [2.05, 4.69) is 29.6 Å². The van der Waals surface area contributed by atoms with Gasteiger partial charge < -0.3 is 15.8 Å². The van der Waals surface area contributed by atoms with Crippen LogP contribution >= 0.6 is 0 Å². The van der Waals surface area contributed by atoms with Crippen LogP contribution in [0.5, 0.6) is 0 Å². The van der Waals surface area contributed by atoms with Crippen molar-refractivity contribution in [3.05, 3.63) is 35.4 Å². The maximum Gasteiger partial charge on any atom is 0.410 e. The summed E-state index contributed by atoms with van der Waals surface area (Å²) < 4.78 is 5.64. The number of amides is 1. The van der Waals surface area contributed by atoms with E-state index in [0.29, 0.717) is 12.5 Å². The number of carbonyl (C=O) groups is 1. The van der Waals surface area contributed by atoms with Crippen molar-refractivity contribution < 1.29 is 9.53 Å². The number of nitrogens with zero attached hydrogens (tertiary/aromatic N) is 1. The molecule has 2 fully saturated rings. The highest BCUT2D eigenvalue weighted by Crippen LogP contribution is 2.40. The molecule has 1 amide bonds. The summed E-state index contributed by atoms with van der Waals surface area (Å²) in [5.41, 5.74) is 7.74. The Morgan fingerprint density at radius 3 is 2.62 bits per heavy atom. The molecule has 5 heteroatoms. The fourth-order valence-electron chi connectivity index (χ4n) is 3.90. The molecule has 3 unspecified atom stereocenters. The van der Waals surface area contributed by atoms with Gasteiger partial charge in [-0.25, -0.2) is 4.79 Å². The summed E-state index contributed by atoms with van der Waals surface area (Å²) in [5, 5.41) is 3.46. The topological polar surface area (TPSA) is 67.6 Å². The lowest BCUT2D eigenvalue weighted by Crippen LogP contribution is -2.55. The highest BCUT2D eigenvalue weighted by molar-refractivity contribution is 5.70. The van der Waals surface area contributed by atoms with E-state index < -0.39 is 5.60 Å². The molecular weight excluding hydrogens is 302 g/mol. The van der Waals surface area contributed by atoms with Crippen molar-refractivity contribution in [2.24, 2.45) is 5.73 Å². The molecule has 2 heterocycles. The van der Waals surface area contributed by atoms with Gasteiger partial charge in [0.15, 0.2) is 0 Å². The lowest BCUT2D eigenvalue weighted by Gasteiger charge is -2.37. The van der Waals surface area contributed by atoms with E-state index >= 15 is 0 Å². The van der Waals surface area contributed by atoms with E-state index in [0.717, 1.165) is 25.9 Å². The zero-order valence-corrected chi connectivity index (χ0v) is 14.9. The standard InChI is InChI=1S/C19H29N3O2/c1-19(2,3)24-18(23)22-15-10-16(17(22)12-21-11-15)14-6-4-13(5-7-14)8-9-20/h4-7,15-17,21H,8-12,20H2,1-3H3. The second kappa shape index (κ2) is 6.73. The number of nitrogens with one attached hydrogen (secondary N) is 1. The average molecular weight is 331 g/mol. The molecule has 2 aliphatic heterocycles. The van der Waals surface area contributed by atoms with Crippen molar-refractivity contribution in [2.45, 2.75) is 57.2 Å². The second-order valence-electron chi connectivity index (χ2n) is 7.89. The Kier molecular flexibility index (Phi) is 4.83. The largest absolute Gasteiger partial charge is 0.444 e. The number of piperazine rings is 1. The third-order valence-electron chi connectivity index (χ3n) is 4.92. The molecular formula is C19H29N3O2. The van der Waals surface area contributed by atoms with Gasteiger partial charge in [0, 0.05) is 25.0 Å². The van der Waals surface area contributed by atoms with Crippen LogP contribution in [0.2, 0.25) is 0 Å². The SMILES string of the molecule is CC(C)(C)OC(=O)N1C2CNCC1C(c1ccc(CCN)cc1)C2. The maximum atomic E-state index is 12.7. The summed E-state index contributed by atoms with van der Waals surface area (Å²) in [6, 6.07) is 9.10. The zero-order valence-electron chi connectivity index (χ0n) is 14.9. The Bertz CT molecular complexity index is 579. The number of fused-ring (bicyclic) bond motifs is 2. The minimum absolute atomic E-state index is 0.166. The van der Waals surface area contributed by atoms with Crippen LogP contribution in [0.4, 0.5) is 4.79 Å². The second-order valence-corrected chi connectivity index (χ2v) is 7.89.